The molecular weight excluding hydrogens is 312 g/mol. The van der Waals surface area contributed by atoms with Gasteiger partial charge in [-0.3, -0.25) is 4.79 Å². The molecule has 0 radical (unpaired) electrons. The van der Waals surface area contributed by atoms with Crippen molar-refractivity contribution in [3.63, 3.8) is 0 Å². The quantitative estimate of drug-likeness (QED) is 0.931. The Kier molecular flexibility index (Phi) is 4.41. The largest absolute Gasteiger partial charge is 0.329 e. The van der Waals surface area contributed by atoms with Gasteiger partial charge in [-0.2, -0.15) is 0 Å². The fraction of sp³-hybridized carbons (Fsp3) is 0.400. The number of aromatic nitrogens is 1. The van der Waals surface area contributed by atoms with Crippen LogP contribution in [-0.2, 0) is 5.54 Å². The number of nitrogens with one attached hydrogen (secondary N) is 1. The number of anilines is 1. The molecule has 1 amide bonds. The highest BCUT2D eigenvalue weighted by Gasteiger charge is 2.30. The summed E-state index contributed by atoms with van der Waals surface area (Å²) in [4.78, 5) is 19.3. The molecule has 1 N–H and O–H groups in total. The van der Waals surface area contributed by atoms with Crippen LogP contribution >= 0.6 is 0 Å². The minimum absolute atomic E-state index is 0.0439. The van der Waals surface area contributed by atoms with E-state index in [4.69, 9.17) is 0 Å². The van der Waals surface area contributed by atoms with Crippen molar-refractivity contribution >= 4 is 17.9 Å². The van der Waals surface area contributed by atoms with Crippen molar-refractivity contribution in [1.29, 1.82) is 0 Å². The van der Waals surface area contributed by atoms with E-state index in [0.717, 1.165) is 23.5 Å². The molecule has 5 nitrogen and oxygen atoms in total. The fourth-order valence-electron chi connectivity index (χ4n) is 3.08. The van der Waals surface area contributed by atoms with Crippen LogP contribution in [-0.4, -0.2) is 29.5 Å². The molecular formula is C20H26N4O. The molecule has 1 aliphatic heterocycles. The van der Waals surface area contributed by atoms with E-state index in [1.165, 1.54) is 0 Å². The number of carbonyl (C=O) groups is 1. The molecule has 3 rings (SSSR count). The van der Waals surface area contributed by atoms with Crippen molar-refractivity contribution in [3.05, 3.63) is 53.2 Å². The van der Waals surface area contributed by atoms with Crippen LogP contribution in [0.2, 0.25) is 0 Å². The third-order valence-electron chi connectivity index (χ3n) is 4.45. The van der Waals surface area contributed by atoms with Crippen molar-refractivity contribution in [2.75, 3.05) is 11.4 Å². The molecule has 25 heavy (non-hydrogen) atoms. The summed E-state index contributed by atoms with van der Waals surface area (Å²) in [5, 5.41) is 3.04. The molecule has 0 spiro atoms. The molecule has 0 saturated heterocycles. The average molecular weight is 338 g/mol. The molecule has 0 saturated carbocycles. The lowest BCUT2D eigenvalue weighted by Crippen LogP contribution is -2.50. The summed E-state index contributed by atoms with van der Waals surface area (Å²) in [7, 11) is 0. The smallest absolute Gasteiger partial charge is 0.254 e. The zero-order valence-corrected chi connectivity index (χ0v) is 15.6. The third kappa shape index (κ3) is 3.31. The molecule has 0 bridgehead atoms. The molecule has 1 atom stereocenters. The van der Waals surface area contributed by atoms with Gasteiger partial charge >= 0.3 is 0 Å². The number of aliphatic imine (C=N–C) groups is 1. The van der Waals surface area contributed by atoms with E-state index < -0.39 is 6.29 Å². The number of rotatable bonds is 3. The van der Waals surface area contributed by atoms with Crippen molar-refractivity contribution in [2.24, 2.45) is 4.99 Å². The lowest BCUT2D eigenvalue weighted by Gasteiger charge is -2.37. The number of hydrogen-bond acceptors (Lipinski definition) is 3. The molecule has 0 fully saturated rings. The van der Waals surface area contributed by atoms with E-state index in [1.54, 1.807) is 0 Å². The van der Waals surface area contributed by atoms with Gasteiger partial charge in [0.05, 0.1) is 0 Å². The molecule has 1 unspecified atom stereocenters. The first-order valence-electron chi connectivity index (χ1n) is 8.70. The van der Waals surface area contributed by atoms with Crippen LogP contribution in [0.15, 0.2) is 41.5 Å². The van der Waals surface area contributed by atoms with Gasteiger partial charge < -0.3 is 14.8 Å². The standard InChI is InChI=1S/C20H26N4O/c1-6-23-18-16(11-12-24(18)20(3,4)5)13-21-19(23)22-17(25)15-9-7-14(2)8-10-15/h7-13,19H,6H2,1-5H3,(H,22,25). The van der Waals surface area contributed by atoms with Gasteiger partial charge in [0, 0.05) is 35.6 Å². The van der Waals surface area contributed by atoms with E-state index in [9.17, 15) is 4.79 Å². The van der Waals surface area contributed by atoms with Crippen LogP contribution in [0.4, 0.5) is 5.82 Å². The Morgan fingerprint density at radius 1 is 1.20 bits per heavy atom. The van der Waals surface area contributed by atoms with Crippen LogP contribution in [0.3, 0.4) is 0 Å². The van der Waals surface area contributed by atoms with Gasteiger partial charge in [-0.25, -0.2) is 4.99 Å². The molecule has 0 aliphatic carbocycles. The van der Waals surface area contributed by atoms with Gasteiger partial charge in [0.25, 0.3) is 5.91 Å². The Hall–Kier alpha value is -2.56. The second-order valence-corrected chi connectivity index (χ2v) is 7.41. The summed E-state index contributed by atoms with van der Waals surface area (Å²) in [6.45, 7) is 11.4. The van der Waals surface area contributed by atoms with Gasteiger partial charge in [-0.05, 0) is 52.8 Å². The highest BCUT2D eigenvalue weighted by Crippen LogP contribution is 2.31. The van der Waals surface area contributed by atoms with Crippen LogP contribution in [0.1, 0.15) is 49.2 Å². The van der Waals surface area contributed by atoms with E-state index in [2.05, 4.69) is 59.7 Å². The molecule has 1 aromatic carbocycles. The van der Waals surface area contributed by atoms with Gasteiger partial charge in [-0.15, -0.1) is 0 Å². The predicted molar refractivity (Wildman–Crippen MR) is 102 cm³/mol. The van der Waals surface area contributed by atoms with E-state index in [1.807, 2.05) is 37.4 Å². The van der Waals surface area contributed by atoms with Crippen LogP contribution in [0.25, 0.3) is 0 Å². The highest BCUT2D eigenvalue weighted by atomic mass is 16.2. The molecule has 1 aliphatic rings. The first-order valence-corrected chi connectivity index (χ1v) is 8.70. The van der Waals surface area contributed by atoms with E-state index in [-0.39, 0.29) is 11.4 Å². The zero-order chi connectivity index (χ0) is 18.2. The van der Waals surface area contributed by atoms with E-state index in [0.29, 0.717) is 5.56 Å². The first kappa shape index (κ1) is 17.3. The minimum Gasteiger partial charge on any atom is -0.329 e. The average Bonchev–Trinajstić information content (AvgIpc) is 2.99. The second-order valence-electron chi connectivity index (χ2n) is 7.41. The Labute approximate surface area is 149 Å². The number of fused-ring (bicyclic) bond motifs is 1. The van der Waals surface area contributed by atoms with Crippen LogP contribution < -0.4 is 10.2 Å². The molecule has 2 aromatic rings. The predicted octanol–water partition coefficient (Wildman–Crippen LogP) is 3.52. The molecule has 132 valence electrons. The summed E-state index contributed by atoms with van der Waals surface area (Å²) in [6, 6.07) is 9.65. The van der Waals surface area contributed by atoms with Crippen molar-refractivity contribution in [1.82, 2.24) is 9.88 Å². The molecule has 5 heteroatoms. The molecule has 2 heterocycles. The number of amides is 1. The number of aryl methyl sites for hydroxylation is 1. The number of hydrogen-bond donors (Lipinski definition) is 1. The van der Waals surface area contributed by atoms with E-state index >= 15 is 0 Å². The monoisotopic (exact) mass is 338 g/mol. The van der Waals surface area contributed by atoms with Crippen molar-refractivity contribution in [2.45, 2.75) is 46.4 Å². The van der Waals surface area contributed by atoms with Crippen molar-refractivity contribution in [3.8, 4) is 0 Å². The third-order valence-corrected chi connectivity index (χ3v) is 4.45. The Balaban J connectivity index is 1.88. The molecule has 1 aromatic heterocycles. The second kappa shape index (κ2) is 6.39. The summed E-state index contributed by atoms with van der Waals surface area (Å²) in [6.07, 6.45) is 3.54. The summed E-state index contributed by atoms with van der Waals surface area (Å²) in [5.74, 6) is 0.983. The van der Waals surface area contributed by atoms with Crippen molar-refractivity contribution < 1.29 is 4.79 Å². The van der Waals surface area contributed by atoms with Gasteiger partial charge in [0.2, 0.25) is 0 Å². The fourth-order valence-corrected chi connectivity index (χ4v) is 3.08. The maximum atomic E-state index is 12.6. The Morgan fingerprint density at radius 2 is 1.88 bits per heavy atom. The summed E-state index contributed by atoms with van der Waals surface area (Å²) in [5.41, 5.74) is 2.82. The maximum Gasteiger partial charge on any atom is 0.254 e. The number of benzene rings is 1. The topological polar surface area (TPSA) is 49.6 Å². The van der Waals surface area contributed by atoms with Gasteiger partial charge in [0.1, 0.15) is 5.82 Å². The SMILES string of the molecule is CCN1c2c(ccn2C(C)(C)C)C=NC1NC(=O)c1ccc(C)cc1. The normalized spacial score (nSPS) is 16.7. The minimum atomic E-state index is -0.401. The lowest BCUT2D eigenvalue weighted by molar-refractivity contribution is 0.0937. The first-order chi connectivity index (χ1) is 11.8. The van der Waals surface area contributed by atoms with Crippen LogP contribution in [0, 0.1) is 6.92 Å². The van der Waals surface area contributed by atoms with Crippen LogP contribution in [0.5, 0.6) is 0 Å². The lowest BCUT2D eigenvalue weighted by atomic mass is 10.1. The van der Waals surface area contributed by atoms with Gasteiger partial charge in [0.15, 0.2) is 6.29 Å². The number of nitrogens with zero attached hydrogens (tertiary/aromatic N) is 3. The highest BCUT2D eigenvalue weighted by molar-refractivity contribution is 5.95. The Morgan fingerprint density at radius 3 is 2.48 bits per heavy atom. The zero-order valence-electron chi connectivity index (χ0n) is 15.6. The summed E-state index contributed by atoms with van der Waals surface area (Å²) >= 11 is 0. The summed E-state index contributed by atoms with van der Waals surface area (Å²) < 4.78 is 2.24. The Bertz CT molecular complexity index is 796. The van der Waals surface area contributed by atoms with Gasteiger partial charge in [-0.1, -0.05) is 17.7 Å². The maximum absolute atomic E-state index is 12.6. The number of carbonyl (C=O) groups excluding carboxylic acids is 1.